The zero-order chi connectivity index (χ0) is 29.6. The Balaban J connectivity index is 1.78. The zero-order valence-corrected chi connectivity index (χ0v) is 24.1. The van der Waals surface area contributed by atoms with Crippen molar-refractivity contribution in [1.29, 1.82) is 0 Å². The van der Waals surface area contributed by atoms with E-state index in [2.05, 4.69) is 5.32 Å². The van der Waals surface area contributed by atoms with Gasteiger partial charge in [0.1, 0.15) is 6.04 Å². The molecule has 1 aromatic rings. The Labute approximate surface area is 243 Å². The zero-order valence-electron chi connectivity index (χ0n) is 24.1. The van der Waals surface area contributed by atoms with Crippen molar-refractivity contribution in [3.63, 3.8) is 0 Å². The van der Waals surface area contributed by atoms with E-state index in [0.29, 0.717) is 112 Å². The van der Waals surface area contributed by atoms with Gasteiger partial charge >= 0.3 is 0 Å². The van der Waals surface area contributed by atoms with Crippen LogP contribution in [0, 0.1) is 0 Å². The number of primary amides is 1. The fourth-order valence-corrected chi connectivity index (χ4v) is 3.23. The second-order valence-corrected chi connectivity index (χ2v) is 8.65. The van der Waals surface area contributed by atoms with Gasteiger partial charge in [-0.05, 0) is 5.56 Å². The highest BCUT2D eigenvalue weighted by molar-refractivity contribution is 5.86. The molecule has 0 aliphatic heterocycles. The van der Waals surface area contributed by atoms with Gasteiger partial charge in [0.15, 0.2) is 0 Å². The summed E-state index contributed by atoms with van der Waals surface area (Å²) >= 11 is 0. The summed E-state index contributed by atoms with van der Waals surface area (Å²) in [6.07, 6.45) is 0.476. The van der Waals surface area contributed by atoms with Crippen molar-refractivity contribution in [2.24, 2.45) is 11.5 Å². The van der Waals surface area contributed by atoms with Gasteiger partial charge in [0, 0.05) is 19.4 Å². The molecule has 0 unspecified atom stereocenters. The molecule has 0 aliphatic rings. The summed E-state index contributed by atoms with van der Waals surface area (Å²) in [7, 11) is 0. The lowest BCUT2D eigenvalue weighted by Crippen LogP contribution is -2.46. The maximum atomic E-state index is 12.1. The van der Waals surface area contributed by atoms with Gasteiger partial charge in [-0.15, -0.1) is 0 Å². The molecule has 0 fully saturated rings. The van der Waals surface area contributed by atoms with E-state index in [4.69, 9.17) is 49.4 Å². The first-order valence-corrected chi connectivity index (χ1v) is 14.1. The van der Waals surface area contributed by atoms with Crippen LogP contribution in [0.3, 0.4) is 0 Å². The van der Waals surface area contributed by atoms with Crippen LogP contribution in [0.2, 0.25) is 0 Å². The van der Waals surface area contributed by atoms with Crippen LogP contribution >= 0.6 is 0 Å². The number of benzene rings is 1. The molecular weight excluding hydrogens is 538 g/mol. The molecule has 236 valence electrons. The van der Waals surface area contributed by atoms with Crippen molar-refractivity contribution in [2.45, 2.75) is 18.9 Å². The molecule has 0 heterocycles. The van der Waals surface area contributed by atoms with E-state index >= 15 is 0 Å². The summed E-state index contributed by atoms with van der Waals surface area (Å²) in [4.78, 5) is 23.8. The molecule has 1 rings (SSSR count). The van der Waals surface area contributed by atoms with Crippen LogP contribution in [-0.2, 0) is 53.9 Å². The molecule has 13 heteroatoms. The smallest absolute Gasteiger partial charge is 0.240 e. The van der Waals surface area contributed by atoms with E-state index in [9.17, 15) is 9.59 Å². The number of ether oxygens (including phenoxy) is 8. The van der Waals surface area contributed by atoms with Crippen molar-refractivity contribution < 1.29 is 47.5 Å². The largest absolute Gasteiger partial charge is 0.379 e. The van der Waals surface area contributed by atoms with Crippen molar-refractivity contribution in [3.8, 4) is 0 Å². The minimum absolute atomic E-state index is 0.128. The Kier molecular flexibility index (Phi) is 25.1. The molecule has 0 aliphatic carbocycles. The number of amides is 2. The van der Waals surface area contributed by atoms with Crippen molar-refractivity contribution in [1.82, 2.24) is 5.32 Å². The minimum atomic E-state index is -0.757. The van der Waals surface area contributed by atoms with Crippen molar-refractivity contribution in [2.75, 3.05) is 112 Å². The SMILES string of the molecule is NCCOCCOCCOCCOCCOCCOCCOCCOCCC(=O)N[C@H](Cc1ccccc1)C(N)=O. The maximum absolute atomic E-state index is 12.1. The van der Waals surface area contributed by atoms with E-state index in [1.165, 1.54) is 0 Å². The van der Waals surface area contributed by atoms with Gasteiger partial charge in [-0.3, -0.25) is 9.59 Å². The highest BCUT2D eigenvalue weighted by atomic mass is 16.6. The number of carbonyl (C=O) groups is 2. The maximum Gasteiger partial charge on any atom is 0.240 e. The average molecular weight is 588 g/mol. The second-order valence-electron chi connectivity index (χ2n) is 8.65. The molecule has 0 spiro atoms. The molecular formula is C28H49N3O10. The lowest BCUT2D eigenvalue weighted by molar-refractivity contribution is -0.128. The lowest BCUT2D eigenvalue weighted by Gasteiger charge is -2.15. The van der Waals surface area contributed by atoms with Gasteiger partial charge in [0.2, 0.25) is 11.8 Å². The Bertz CT molecular complexity index is 745. The summed E-state index contributed by atoms with van der Waals surface area (Å²) in [5.41, 5.74) is 11.7. The van der Waals surface area contributed by atoms with E-state index < -0.39 is 11.9 Å². The predicted molar refractivity (Wildman–Crippen MR) is 151 cm³/mol. The van der Waals surface area contributed by atoms with E-state index in [1.807, 2.05) is 30.3 Å². The third kappa shape index (κ3) is 24.1. The van der Waals surface area contributed by atoms with Crippen LogP contribution in [0.5, 0.6) is 0 Å². The summed E-state index contributed by atoms with van der Waals surface area (Å²) in [6, 6.07) is 8.62. The Morgan fingerprint density at radius 3 is 1.32 bits per heavy atom. The van der Waals surface area contributed by atoms with E-state index in [-0.39, 0.29) is 18.9 Å². The van der Waals surface area contributed by atoms with Gasteiger partial charge < -0.3 is 54.7 Å². The molecule has 2 amide bonds. The molecule has 0 radical (unpaired) electrons. The highest BCUT2D eigenvalue weighted by Gasteiger charge is 2.18. The first-order valence-electron chi connectivity index (χ1n) is 14.1. The normalized spacial score (nSPS) is 11.9. The fourth-order valence-electron chi connectivity index (χ4n) is 3.23. The predicted octanol–water partition coefficient (Wildman–Crippen LogP) is -0.319. The molecule has 5 N–H and O–H groups in total. The van der Waals surface area contributed by atoms with Gasteiger partial charge in [0.25, 0.3) is 0 Å². The van der Waals surface area contributed by atoms with Gasteiger partial charge in [0.05, 0.1) is 106 Å². The molecule has 1 aromatic carbocycles. The molecule has 0 saturated carbocycles. The summed E-state index contributed by atoms with van der Waals surface area (Å²) in [5.74, 6) is -0.864. The standard InChI is InChI=1S/C28H49N3O10/c29-7-9-35-11-13-37-15-17-39-19-21-41-23-22-40-20-18-38-16-14-36-12-10-34-8-6-27(32)31-26(28(30)33)24-25-4-2-1-3-5-25/h1-5,26H,6-24,29H2,(H2,30,33)(H,31,32)/t26-/m1/s1. The highest BCUT2D eigenvalue weighted by Crippen LogP contribution is 2.03. The number of hydrogen-bond acceptors (Lipinski definition) is 11. The first kappa shape index (κ1) is 36.8. The van der Waals surface area contributed by atoms with E-state index in [0.717, 1.165) is 5.56 Å². The molecule has 0 saturated heterocycles. The monoisotopic (exact) mass is 587 g/mol. The van der Waals surface area contributed by atoms with Crippen LogP contribution in [0.1, 0.15) is 12.0 Å². The molecule has 13 nitrogen and oxygen atoms in total. The van der Waals surface area contributed by atoms with Crippen molar-refractivity contribution >= 4 is 11.8 Å². The van der Waals surface area contributed by atoms with Gasteiger partial charge in [-0.1, -0.05) is 30.3 Å². The molecule has 0 aromatic heterocycles. The number of nitrogens with two attached hydrogens (primary N) is 2. The topological polar surface area (TPSA) is 172 Å². The molecule has 0 bridgehead atoms. The van der Waals surface area contributed by atoms with Crippen molar-refractivity contribution in [3.05, 3.63) is 35.9 Å². The lowest BCUT2D eigenvalue weighted by atomic mass is 10.1. The van der Waals surface area contributed by atoms with Crippen LogP contribution in [-0.4, -0.2) is 130 Å². The first-order chi connectivity index (χ1) is 20.1. The minimum Gasteiger partial charge on any atom is -0.379 e. The second kappa shape index (κ2) is 27.9. The quantitative estimate of drug-likeness (QED) is 0.101. The summed E-state index contributed by atoms with van der Waals surface area (Å²) in [6.45, 7) is 7.91. The number of rotatable bonds is 30. The Morgan fingerprint density at radius 1 is 0.585 bits per heavy atom. The Hall–Kier alpha value is -2.20. The third-order valence-electron chi connectivity index (χ3n) is 5.30. The molecule has 1 atom stereocenters. The van der Waals surface area contributed by atoms with E-state index in [1.54, 1.807) is 0 Å². The number of nitrogens with one attached hydrogen (secondary N) is 1. The number of hydrogen-bond donors (Lipinski definition) is 3. The fraction of sp³-hybridized carbons (Fsp3) is 0.714. The summed E-state index contributed by atoms with van der Waals surface area (Å²) in [5, 5.41) is 2.66. The Morgan fingerprint density at radius 2 is 0.951 bits per heavy atom. The van der Waals surface area contributed by atoms with Crippen LogP contribution < -0.4 is 16.8 Å². The van der Waals surface area contributed by atoms with Crippen LogP contribution in [0.15, 0.2) is 30.3 Å². The molecule has 41 heavy (non-hydrogen) atoms. The number of carbonyl (C=O) groups excluding carboxylic acids is 2. The van der Waals surface area contributed by atoms with Gasteiger partial charge in [-0.25, -0.2) is 0 Å². The summed E-state index contributed by atoms with van der Waals surface area (Å²) < 4.78 is 43.1. The van der Waals surface area contributed by atoms with Crippen LogP contribution in [0.4, 0.5) is 0 Å². The average Bonchev–Trinajstić information content (AvgIpc) is 2.97. The van der Waals surface area contributed by atoms with Crippen LogP contribution in [0.25, 0.3) is 0 Å². The third-order valence-corrected chi connectivity index (χ3v) is 5.30. The van der Waals surface area contributed by atoms with Gasteiger partial charge in [-0.2, -0.15) is 0 Å².